The molecular formula is C15H12ClFN2S. The molecule has 0 saturated heterocycles. The van der Waals surface area contributed by atoms with Gasteiger partial charge in [0.25, 0.3) is 0 Å². The van der Waals surface area contributed by atoms with Gasteiger partial charge in [-0.25, -0.2) is 9.37 Å². The lowest BCUT2D eigenvalue weighted by Gasteiger charge is -2.03. The van der Waals surface area contributed by atoms with E-state index in [1.807, 2.05) is 24.3 Å². The number of hydrogen-bond acceptors (Lipinski definition) is 3. The molecule has 0 spiro atoms. The van der Waals surface area contributed by atoms with E-state index in [9.17, 15) is 4.39 Å². The minimum atomic E-state index is -0.383. The van der Waals surface area contributed by atoms with Crippen molar-refractivity contribution in [2.75, 3.05) is 0 Å². The van der Waals surface area contributed by atoms with Crippen LogP contribution in [0, 0.1) is 5.82 Å². The minimum Gasteiger partial charge on any atom is -0.306 e. The first-order valence-corrected chi connectivity index (χ1v) is 7.41. The van der Waals surface area contributed by atoms with E-state index in [1.54, 1.807) is 17.4 Å². The Labute approximate surface area is 125 Å². The number of halogens is 2. The molecule has 20 heavy (non-hydrogen) atoms. The zero-order valence-electron chi connectivity index (χ0n) is 10.6. The van der Waals surface area contributed by atoms with Crippen LogP contribution in [0.15, 0.2) is 42.5 Å². The fourth-order valence-corrected chi connectivity index (χ4v) is 3.01. The molecule has 0 aliphatic carbocycles. The Morgan fingerprint density at radius 2 is 2.00 bits per heavy atom. The maximum absolute atomic E-state index is 13.3. The highest BCUT2D eigenvalue weighted by Gasteiger charge is 2.04. The number of hydrogen-bond donors (Lipinski definition) is 1. The predicted molar refractivity (Wildman–Crippen MR) is 81.6 cm³/mol. The standard InChI is InChI=1S/C15H12ClFN2S/c16-11-6-5-10(7-12(11)17)8-18-9-15-19-13-3-1-2-4-14(13)20-15/h1-7,18H,8-9H2. The summed E-state index contributed by atoms with van der Waals surface area (Å²) in [7, 11) is 0. The second-order valence-corrected chi connectivity index (χ2v) is 5.95. The summed E-state index contributed by atoms with van der Waals surface area (Å²) in [6.07, 6.45) is 0. The van der Waals surface area contributed by atoms with Crippen LogP contribution in [0.1, 0.15) is 10.6 Å². The van der Waals surface area contributed by atoms with Gasteiger partial charge in [-0.05, 0) is 29.8 Å². The van der Waals surface area contributed by atoms with E-state index < -0.39 is 0 Å². The van der Waals surface area contributed by atoms with Gasteiger partial charge in [-0.15, -0.1) is 11.3 Å². The SMILES string of the molecule is Fc1cc(CNCc2nc3ccccc3s2)ccc1Cl. The molecule has 3 rings (SSSR count). The summed E-state index contributed by atoms with van der Waals surface area (Å²) in [6.45, 7) is 1.26. The second-order valence-electron chi connectivity index (χ2n) is 4.43. The van der Waals surface area contributed by atoms with Crippen LogP contribution in [0.4, 0.5) is 4.39 Å². The third kappa shape index (κ3) is 2.98. The molecule has 5 heteroatoms. The lowest BCUT2D eigenvalue weighted by molar-refractivity contribution is 0.620. The van der Waals surface area contributed by atoms with Crippen LogP contribution >= 0.6 is 22.9 Å². The first-order valence-electron chi connectivity index (χ1n) is 6.21. The second kappa shape index (κ2) is 5.87. The van der Waals surface area contributed by atoms with Crippen LogP contribution in [-0.2, 0) is 13.1 Å². The third-order valence-corrected chi connectivity index (χ3v) is 4.27. The van der Waals surface area contributed by atoms with Gasteiger partial charge in [0.1, 0.15) is 10.8 Å². The zero-order chi connectivity index (χ0) is 13.9. The Balaban J connectivity index is 1.63. The van der Waals surface area contributed by atoms with Gasteiger partial charge in [-0.1, -0.05) is 29.8 Å². The van der Waals surface area contributed by atoms with Crippen LogP contribution in [-0.4, -0.2) is 4.98 Å². The van der Waals surface area contributed by atoms with Crippen LogP contribution in [0.3, 0.4) is 0 Å². The highest BCUT2D eigenvalue weighted by Crippen LogP contribution is 2.21. The highest BCUT2D eigenvalue weighted by molar-refractivity contribution is 7.18. The van der Waals surface area contributed by atoms with Crippen molar-refractivity contribution in [2.24, 2.45) is 0 Å². The van der Waals surface area contributed by atoms with Crippen molar-refractivity contribution >= 4 is 33.2 Å². The van der Waals surface area contributed by atoms with Crippen LogP contribution in [0.2, 0.25) is 5.02 Å². The summed E-state index contributed by atoms with van der Waals surface area (Å²) in [5.41, 5.74) is 1.89. The molecule has 0 aliphatic rings. The van der Waals surface area contributed by atoms with E-state index >= 15 is 0 Å². The number of nitrogens with one attached hydrogen (secondary N) is 1. The Kier molecular flexibility index (Phi) is 3.96. The van der Waals surface area contributed by atoms with Crippen LogP contribution < -0.4 is 5.32 Å². The molecule has 1 aromatic heterocycles. The van der Waals surface area contributed by atoms with Crippen molar-refractivity contribution in [3.8, 4) is 0 Å². The predicted octanol–water partition coefficient (Wildman–Crippen LogP) is 4.38. The Morgan fingerprint density at radius 1 is 1.15 bits per heavy atom. The topological polar surface area (TPSA) is 24.9 Å². The quantitative estimate of drug-likeness (QED) is 0.774. The normalized spacial score (nSPS) is 11.1. The van der Waals surface area contributed by atoms with Gasteiger partial charge in [0.15, 0.2) is 0 Å². The van der Waals surface area contributed by atoms with Crippen molar-refractivity contribution in [2.45, 2.75) is 13.1 Å². The van der Waals surface area contributed by atoms with Crippen molar-refractivity contribution in [3.05, 3.63) is 63.9 Å². The van der Waals surface area contributed by atoms with Crippen molar-refractivity contribution < 1.29 is 4.39 Å². The van der Waals surface area contributed by atoms with Crippen molar-refractivity contribution in [1.29, 1.82) is 0 Å². The van der Waals surface area contributed by atoms with E-state index in [-0.39, 0.29) is 10.8 Å². The van der Waals surface area contributed by atoms with Gasteiger partial charge in [-0.2, -0.15) is 0 Å². The monoisotopic (exact) mass is 306 g/mol. The van der Waals surface area contributed by atoms with E-state index in [0.29, 0.717) is 13.1 Å². The Hall–Kier alpha value is -1.49. The molecule has 0 aliphatic heterocycles. The number of thiazole rings is 1. The number of nitrogens with zero attached hydrogens (tertiary/aromatic N) is 1. The smallest absolute Gasteiger partial charge is 0.142 e. The Morgan fingerprint density at radius 3 is 2.80 bits per heavy atom. The van der Waals surface area contributed by atoms with Gasteiger partial charge in [0.05, 0.1) is 15.2 Å². The van der Waals surface area contributed by atoms with E-state index in [2.05, 4.69) is 16.4 Å². The minimum absolute atomic E-state index is 0.153. The molecule has 0 fully saturated rings. The number of rotatable bonds is 4. The molecule has 2 nitrogen and oxygen atoms in total. The average molecular weight is 307 g/mol. The zero-order valence-corrected chi connectivity index (χ0v) is 12.1. The molecule has 0 amide bonds. The molecule has 102 valence electrons. The molecule has 1 heterocycles. The number of benzene rings is 2. The molecule has 0 unspecified atom stereocenters. The molecule has 1 N–H and O–H groups in total. The third-order valence-electron chi connectivity index (χ3n) is 2.93. The van der Waals surface area contributed by atoms with Gasteiger partial charge in [0, 0.05) is 13.1 Å². The number of para-hydroxylation sites is 1. The number of aromatic nitrogens is 1. The molecule has 2 aromatic carbocycles. The molecule has 0 saturated carbocycles. The average Bonchev–Trinajstić information content (AvgIpc) is 2.85. The van der Waals surface area contributed by atoms with Gasteiger partial charge in [-0.3, -0.25) is 0 Å². The summed E-state index contributed by atoms with van der Waals surface area (Å²) < 4.78 is 14.5. The molecule has 3 aromatic rings. The van der Waals surface area contributed by atoms with E-state index in [4.69, 9.17) is 11.6 Å². The maximum Gasteiger partial charge on any atom is 0.142 e. The van der Waals surface area contributed by atoms with Gasteiger partial charge < -0.3 is 5.32 Å². The van der Waals surface area contributed by atoms with Crippen LogP contribution in [0.25, 0.3) is 10.2 Å². The summed E-state index contributed by atoms with van der Waals surface area (Å²) in [4.78, 5) is 4.54. The molecule has 0 atom stereocenters. The number of fused-ring (bicyclic) bond motifs is 1. The molecule has 0 radical (unpaired) electrons. The Bertz CT molecular complexity index is 709. The molecular weight excluding hydrogens is 295 g/mol. The highest BCUT2D eigenvalue weighted by atomic mass is 35.5. The van der Waals surface area contributed by atoms with E-state index in [0.717, 1.165) is 16.1 Å². The first-order chi connectivity index (χ1) is 9.72. The van der Waals surface area contributed by atoms with Crippen molar-refractivity contribution in [1.82, 2.24) is 10.3 Å². The van der Waals surface area contributed by atoms with Gasteiger partial charge in [0.2, 0.25) is 0 Å². The summed E-state index contributed by atoms with van der Waals surface area (Å²) in [5.74, 6) is -0.383. The summed E-state index contributed by atoms with van der Waals surface area (Å²) >= 11 is 7.32. The lowest BCUT2D eigenvalue weighted by atomic mass is 10.2. The molecule has 0 bridgehead atoms. The maximum atomic E-state index is 13.3. The van der Waals surface area contributed by atoms with E-state index in [1.165, 1.54) is 10.8 Å². The fourth-order valence-electron chi connectivity index (χ4n) is 1.96. The van der Waals surface area contributed by atoms with Crippen molar-refractivity contribution in [3.63, 3.8) is 0 Å². The fraction of sp³-hybridized carbons (Fsp3) is 0.133. The first kappa shape index (κ1) is 13.5. The van der Waals surface area contributed by atoms with Crippen LogP contribution in [0.5, 0.6) is 0 Å². The lowest BCUT2D eigenvalue weighted by Crippen LogP contribution is -2.12. The van der Waals surface area contributed by atoms with Gasteiger partial charge >= 0.3 is 0 Å². The summed E-state index contributed by atoms with van der Waals surface area (Å²) in [5, 5.41) is 4.44. The summed E-state index contributed by atoms with van der Waals surface area (Å²) in [6, 6.07) is 12.9. The largest absolute Gasteiger partial charge is 0.306 e.